The van der Waals surface area contributed by atoms with Crippen molar-refractivity contribution in [3.8, 4) is 0 Å². The Balaban J connectivity index is 4.06. The zero-order valence-corrected chi connectivity index (χ0v) is 12.7. The average molecular weight is 300 g/mol. The third-order valence-electron chi connectivity index (χ3n) is 2.29. The van der Waals surface area contributed by atoms with Gasteiger partial charge in [0.2, 0.25) is 0 Å². The van der Waals surface area contributed by atoms with Gasteiger partial charge < -0.3 is 4.43 Å². The van der Waals surface area contributed by atoms with Crippen LogP contribution < -0.4 is 0 Å². The molecule has 1 nitrogen and oxygen atoms in total. The van der Waals surface area contributed by atoms with Gasteiger partial charge in [0.1, 0.15) is 10.5 Å². The second-order valence-electron chi connectivity index (χ2n) is 3.57. The van der Waals surface area contributed by atoms with E-state index >= 15 is 0 Å². The highest BCUT2D eigenvalue weighted by Crippen LogP contribution is 2.32. The topological polar surface area (TPSA) is 9.23 Å². The first-order chi connectivity index (χ1) is 5.74. The molecule has 3 heteroatoms. The molecule has 0 aromatic heterocycles. The first kappa shape index (κ1) is 12.9. The maximum absolute atomic E-state index is 5.44. The molecule has 0 spiro atoms. The van der Waals surface area contributed by atoms with E-state index in [9.17, 15) is 0 Å². The summed E-state index contributed by atoms with van der Waals surface area (Å²) in [6.45, 7) is 5.53. The van der Waals surface area contributed by atoms with E-state index in [4.69, 9.17) is 4.43 Å². The van der Waals surface area contributed by atoms with Crippen molar-refractivity contribution in [3.63, 3.8) is 0 Å². The molecule has 0 heterocycles. The Bertz CT molecular complexity index is 91.7. The summed E-state index contributed by atoms with van der Waals surface area (Å²) >= 11 is 2.51. The Morgan fingerprint density at radius 3 is 2.00 bits per heavy atom. The molecule has 0 aliphatic carbocycles. The molecule has 12 heavy (non-hydrogen) atoms. The summed E-state index contributed by atoms with van der Waals surface area (Å²) in [5, 5.41) is 0. The first-order valence-electron chi connectivity index (χ1n) is 4.79. The SMILES string of the molecule is CCCC(CI)(CCC)CO[SiH3]. The molecule has 0 saturated carbocycles. The highest BCUT2D eigenvalue weighted by molar-refractivity contribution is 14.1. The fraction of sp³-hybridized carbons (Fsp3) is 1.00. The van der Waals surface area contributed by atoms with Gasteiger partial charge in [0.05, 0.1) is 0 Å². The number of halogens is 1. The first-order valence-corrected chi connectivity index (χ1v) is 7.13. The van der Waals surface area contributed by atoms with Crippen LogP contribution in [0.25, 0.3) is 0 Å². The van der Waals surface area contributed by atoms with Crippen LogP contribution in [0, 0.1) is 5.41 Å². The molecule has 0 aliphatic rings. The lowest BCUT2D eigenvalue weighted by Gasteiger charge is -2.31. The average Bonchev–Trinajstić information content (AvgIpc) is 2.06. The molecular formula is C9H21IOSi. The smallest absolute Gasteiger partial charge is 0.145 e. The second kappa shape index (κ2) is 7.32. The number of hydrogen-bond acceptors (Lipinski definition) is 1. The van der Waals surface area contributed by atoms with Gasteiger partial charge in [-0.15, -0.1) is 0 Å². The van der Waals surface area contributed by atoms with Gasteiger partial charge in [0.25, 0.3) is 0 Å². The molecule has 0 saturated heterocycles. The Morgan fingerprint density at radius 2 is 1.75 bits per heavy atom. The van der Waals surface area contributed by atoms with Crippen molar-refractivity contribution >= 4 is 33.1 Å². The molecule has 0 aromatic carbocycles. The minimum Gasteiger partial charge on any atom is -0.427 e. The molecule has 0 atom stereocenters. The van der Waals surface area contributed by atoms with E-state index in [1.807, 2.05) is 0 Å². The third kappa shape index (κ3) is 4.23. The maximum Gasteiger partial charge on any atom is 0.145 e. The van der Waals surface area contributed by atoms with Crippen molar-refractivity contribution in [1.29, 1.82) is 0 Å². The van der Waals surface area contributed by atoms with Gasteiger partial charge in [-0.25, -0.2) is 0 Å². The van der Waals surface area contributed by atoms with Gasteiger partial charge in [0, 0.05) is 16.4 Å². The molecule has 0 aliphatic heterocycles. The second-order valence-corrected chi connectivity index (χ2v) is 4.91. The molecule has 74 valence electrons. The zero-order chi connectivity index (χ0) is 9.45. The van der Waals surface area contributed by atoms with Crippen LogP contribution in [0.3, 0.4) is 0 Å². The van der Waals surface area contributed by atoms with Crippen LogP contribution in [0.4, 0.5) is 0 Å². The molecule has 0 radical (unpaired) electrons. The number of hydrogen-bond donors (Lipinski definition) is 0. The summed E-state index contributed by atoms with van der Waals surface area (Å²) in [7, 11) is 0.885. The fourth-order valence-corrected chi connectivity index (χ4v) is 3.40. The lowest BCUT2D eigenvalue weighted by atomic mass is 9.82. The Labute approximate surface area is 93.3 Å². The van der Waals surface area contributed by atoms with Crippen LogP contribution in [0.15, 0.2) is 0 Å². The van der Waals surface area contributed by atoms with E-state index in [-0.39, 0.29) is 0 Å². The summed E-state index contributed by atoms with van der Waals surface area (Å²) in [6, 6.07) is 0. The lowest BCUT2D eigenvalue weighted by Crippen LogP contribution is -2.28. The predicted octanol–water partition coefficient (Wildman–Crippen LogP) is 2.31. The predicted molar refractivity (Wildman–Crippen MR) is 67.0 cm³/mol. The third-order valence-corrected chi connectivity index (χ3v) is 4.20. The molecule has 0 aromatic rings. The van der Waals surface area contributed by atoms with Gasteiger partial charge in [0.15, 0.2) is 0 Å². The molecule has 0 unspecified atom stereocenters. The van der Waals surface area contributed by atoms with Crippen molar-refractivity contribution in [2.24, 2.45) is 5.41 Å². The quantitative estimate of drug-likeness (QED) is 0.398. The Morgan fingerprint density at radius 1 is 1.25 bits per heavy atom. The van der Waals surface area contributed by atoms with Crippen LogP contribution in [-0.4, -0.2) is 21.5 Å². The minimum atomic E-state index is 0.492. The summed E-state index contributed by atoms with van der Waals surface area (Å²) in [4.78, 5) is 0. The Kier molecular flexibility index (Phi) is 7.88. The van der Waals surface area contributed by atoms with Crippen LogP contribution >= 0.6 is 22.6 Å². The van der Waals surface area contributed by atoms with Gasteiger partial charge in [-0.05, 0) is 12.8 Å². The fourth-order valence-electron chi connectivity index (χ4n) is 1.81. The standard InChI is InChI=1S/C9H21IOSi/c1-3-5-9(7-10,6-4-2)8-11-12/h3-8H2,1-2,12H3. The summed E-state index contributed by atoms with van der Waals surface area (Å²) in [6.07, 6.45) is 5.22. The highest BCUT2D eigenvalue weighted by atomic mass is 127. The minimum absolute atomic E-state index is 0.492. The molecule has 0 bridgehead atoms. The van der Waals surface area contributed by atoms with Gasteiger partial charge >= 0.3 is 0 Å². The van der Waals surface area contributed by atoms with Crippen LogP contribution in [0.5, 0.6) is 0 Å². The van der Waals surface area contributed by atoms with Crippen molar-refractivity contribution in [3.05, 3.63) is 0 Å². The van der Waals surface area contributed by atoms with Crippen molar-refractivity contribution in [2.45, 2.75) is 39.5 Å². The van der Waals surface area contributed by atoms with Crippen molar-refractivity contribution in [2.75, 3.05) is 11.0 Å². The van der Waals surface area contributed by atoms with Gasteiger partial charge in [-0.1, -0.05) is 49.3 Å². The summed E-state index contributed by atoms with van der Waals surface area (Å²) in [5.41, 5.74) is 0.492. The van der Waals surface area contributed by atoms with Crippen molar-refractivity contribution in [1.82, 2.24) is 0 Å². The van der Waals surface area contributed by atoms with Gasteiger partial charge in [-0.3, -0.25) is 0 Å². The molecule has 0 amide bonds. The van der Waals surface area contributed by atoms with Crippen LogP contribution in [-0.2, 0) is 4.43 Å². The molecule has 0 fully saturated rings. The highest BCUT2D eigenvalue weighted by Gasteiger charge is 2.26. The van der Waals surface area contributed by atoms with Crippen LogP contribution in [0.1, 0.15) is 39.5 Å². The lowest BCUT2D eigenvalue weighted by molar-refractivity contribution is 0.156. The normalized spacial score (nSPS) is 12.2. The number of rotatable bonds is 7. The maximum atomic E-state index is 5.44. The van der Waals surface area contributed by atoms with E-state index in [2.05, 4.69) is 36.4 Å². The zero-order valence-electron chi connectivity index (χ0n) is 8.53. The number of alkyl halides is 1. The Hall–Kier alpha value is 0.907. The van der Waals surface area contributed by atoms with Crippen LogP contribution in [0.2, 0.25) is 0 Å². The van der Waals surface area contributed by atoms with E-state index in [0.717, 1.165) is 17.1 Å². The molecule has 0 rings (SSSR count). The van der Waals surface area contributed by atoms with Gasteiger partial charge in [-0.2, -0.15) is 0 Å². The van der Waals surface area contributed by atoms with E-state index in [1.54, 1.807) is 0 Å². The largest absolute Gasteiger partial charge is 0.427 e. The summed E-state index contributed by atoms with van der Waals surface area (Å²) < 4.78 is 6.68. The van der Waals surface area contributed by atoms with E-state index in [0.29, 0.717) is 5.41 Å². The van der Waals surface area contributed by atoms with Crippen molar-refractivity contribution < 1.29 is 4.43 Å². The monoisotopic (exact) mass is 300 g/mol. The summed E-state index contributed by atoms with van der Waals surface area (Å²) in [5.74, 6) is 0. The van der Waals surface area contributed by atoms with E-state index in [1.165, 1.54) is 30.1 Å². The molecule has 0 N–H and O–H groups in total. The van der Waals surface area contributed by atoms with E-state index < -0.39 is 0 Å². The molecular weight excluding hydrogens is 279 g/mol.